The van der Waals surface area contributed by atoms with Crippen molar-refractivity contribution >= 4 is 0 Å². The smallest absolute Gasteiger partial charge is 0.107 e. The highest BCUT2D eigenvalue weighted by Crippen LogP contribution is 2.27. The van der Waals surface area contributed by atoms with Crippen molar-refractivity contribution in [1.29, 1.82) is 0 Å². The van der Waals surface area contributed by atoms with Gasteiger partial charge in [-0.2, -0.15) is 0 Å². The van der Waals surface area contributed by atoms with Crippen LogP contribution in [0, 0.1) is 0 Å². The van der Waals surface area contributed by atoms with Crippen LogP contribution < -0.4 is 0 Å². The van der Waals surface area contributed by atoms with Gasteiger partial charge in [-0.3, -0.25) is 0 Å². The van der Waals surface area contributed by atoms with Crippen LogP contribution in [0.5, 0.6) is 0 Å². The molecule has 0 radical (unpaired) electrons. The predicted molar refractivity (Wildman–Crippen MR) is 68.9 cm³/mol. The number of unbranched alkanes of at least 4 members (excludes halogenated alkanes) is 2. The molecule has 1 fully saturated rings. The van der Waals surface area contributed by atoms with E-state index in [1.165, 1.54) is 31.2 Å². The van der Waals surface area contributed by atoms with Crippen LogP contribution in [0.15, 0.2) is 30.3 Å². The summed E-state index contributed by atoms with van der Waals surface area (Å²) < 4.78 is 11.2. The number of epoxide rings is 1. The summed E-state index contributed by atoms with van der Waals surface area (Å²) in [4.78, 5) is 0. The molecule has 0 spiro atoms. The molecule has 0 aliphatic carbocycles. The van der Waals surface area contributed by atoms with E-state index in [1.807, 2.05) is 18.2 Å². The van der Waals surface area contributed by atoms with Gasteiger partial charge in [0.15, 0.2) is 0 Å². The first-order valence-corrected chi connectivity index (χ1v) is 6.67. The van der Waals surface area contributed by atoms with Crippen LogP contribution in [-0.4, -0.2) is 18.8 Å². The average Bonchev–Trinajstić information content (AvgIpc) is 3.10. The van der Waals surface area contributed by atoms with Gasteiger partial charge < -0.3 is 9.47 Å². The molecule has 0 bridgehead atoms. The lowest BCUT2D eigenvalue weighted by atomic mass is 10.1. The normalized spacial score (nSPS) is 22.6. The van der Waals surface area contributed by atoms with Gasteiger partial charge in [0.25, 0.3) is 0 Å². The highest BCUT2D eigenvalue weighted by Gasteiger charge is 2.37. The van der Waals surface area contributed by atoms with Gasteiger partial charge in [0.05, 0.1) is 19.3 Å². The first-order chi connectivity index (χ1) is 8.40. The molecular formula is C15H22O2. The Bertz CT molecular complexity index is 310. The second-order valence-electron chi connectivity index (χ2n) is 4.71. The van der Waals surface area contributed by atoms with Crippen molar-refractivity contribution in [3.05, 3.63) is 35.9 Å². The summed E-state index contributed by atoms with van der Waals surface area (Å²) in [5.41, 5.74) is 1.23. The first kappa shape index (κ1) is 12.6. The van der Waals surface area contributed by atoms with E-state index < -0.39 is 0 Å². The van der Waals surface area contributed by atoms with E-state index in [2.05, 4.69) is 19.1 Å². The van der Waals surface area contributed by atoms with Crippen molar-refractivity contribution in [2.45, 2.75) is 51.4 Å². The summed E-state index contributed by atoms with van der Waals surface area (Å²) in [5.74, 6) is 0. The topological polar surface area (TPSA) is 21.8 Å². The van der Waals surface area contributed by atoms with Crippen molar-refractivity contribution in [3.8, 4) is 0 Å². The molecule has 2 atom stereocenters. The van der Waals surface area contributed by atoms with Gasteiger partial charge in [-0.15, -0.1) is 0 Å². The summed E-state index contributed by atoms with van der Waals surface area (Å²) >= 11 is 0. The Hall–Kier alpha value is -0.860. The third-order valence-electron chi connectivity index (χ3n) is 3.17. The first-order valence-electron chi connectivity index (χ1n) is 6.67. The van der Waals surface area contributed by atoms with Gasteiger partial charge in [0, 0.05) is 0 Å². The van der Waals surface area contributed by atoms with E-state index in [0.717, 1.165) is 6.61 Å². The van der Waals surface area contributed by atoms with Gasteiger partial charge in [-0.05, 0) is 12.0 Å². The second-order valence-corrected chi connectivity index (χ2v) is 4.71. The fourth-order valence-corrected chi connectivity index (χ4v) is 2.04. The zero-order chi connectivity index (χ0) is 11.9. The van der Waals surface area contributed by atoms with Crippen LogP contribution in [0.2, 0.25) is 0 Å². The van der Waals surface area contributed by atoms with Crippen LogP contribution in [0.1, 0.15) is 38.2 Å². The third kappa shape index (κ3) is 4.49. The van der Waals surface area contributed by atoms with Crippen LogP contribution in [0.25, 0.3) is 0 Å². The Kier molecular flexibility index (Phi) is 5.02. The maximum absolute atomic E-state index is 5.66. The van der Waals surface area contributed by atoms with E-state index >= 15 is 0 Å². The molecule has 2 heteroatoms. The molecule has 17 heavy (non-hydrogen) atoms. The van der Waals surface area contributed by atoms with Crippen LogP contribution >= 0.6 is 0 Å². The lowest BCUT2D eigenvalue weighted by molar-refractivity contribution is 0.104. The molecule has 0 amide bonds. The molecule has 2 rings (SSSR count). The minimum Gasteiger partial charge on any atom is -0.374 e. The van der Waals surface area contributed by atoms with Gasteiger partial charge in [-0.1, -0.05) is 56.5 Å². The maximum atomic E-state index is 5.66. The molecule has 0 unspecified atom stereocenters. The van der Waals surface area contributed by atoms with E-state index in [1.54, 1.807) is 0 Å². The average molecular weight is 234 g/mol. The molecule has 1 aromatic carbocycles. The Morgan fingerprint density at radius 3 is 2.71 bits per heavy atom. The monoisotopic (exact) mass is 234 g/mol. The number of benzene rings is 1. The largest absolute Gasteiger partial charge is 0.374 e. The highest BCUT2D eigenvalue weighted by atomic mass is 16.6. The van der Waals surface area contributed by atoms with Crippen LogP contribution in [-0.2, 0) is 16.1 Å². The molecule has 0 aromatic heterocycles. The van der Waals surface area contributed by atoms with E-state index in [9.17, 15) is 0 Å². The summed E-state index contributed by atoms with van der Waals surface area (Å²) in [6.07, 6.45) is 5.91. The maximum Gasteiger partial charge on any atom is 0.107 e. The van der Waals surface area contributed by atoms with Gasteiger partial charge in [0.2, 0.25) is 0 Å². The quantitative estimate of drug-likeness (QED) is 0.507. The van der Waals surface area contributed by atoms with E-state index in [-0.39, 0.29) is 0 Å². The second kappa shape index (κ2) is 6.77. The minimum atomic E-state index is 0.357. The van der Waals surface area contributed by atoms with Crippen molar-refractivity contribution in [2.75, 3.05) is 6.61 Å². The lowest BCUT2D eigenvalue weighted by Gasteiger charge is -2.01. The minimum absolute atomic E-state index is 0.357. The van der Waals surface area contributed by atoms with Crippen molar-refractivity contribution in [1.82, 2.24) is 0 Å². The Balaban J connectivity index is 1.53. The Labute approximate surface area is 104 Å². The molecule has 1 heterocycles. The number of rotatable bonds is 8. The fraction of sp³-hybridized carbons (Fsp3) is 0.600. The Morgan fingerprint density at radius 1 is 1.12 bits per heavy atom. The van der Waals surface area contributed by atoms with Crippen LogP contribution in [0.4, 0.5) is 0 Å². The number of hydrogen-bond acceptors (Lipinski definition) is 2. The molecule has 1 aliphatic heterocycles. The lowest BCUT2D eigenvalue weighted by Crippen LogP contribution is -2.05. The van der Waals surface area contributed by atoms with Gasteiger partial charge in [0.1, 0.15) is 6.10 Å². The summed E-state index contributed by atoms with van der Waals surface area (Å²) in [7, 11) is 0. The summed E-state index contributed by atoms with van der Waals surface area (Å²) in [6.45, 7) is 3.67. The third-order valence-corrected chi connectivity index (χ3v) is 3.17. The summed E-state index contributed by atoms with van der Waals surface area (Å²) in [6, 6.07) is 10.3. The molecule has 0 saturated carbocycles. The highest BCUT2D eigenvalue weighted by molar-refractivity contribution is 5.13. The molecule has 2 nitrogen and oxygen atoms in total. The number of hydrogen-bond donors (Lipinski definition) is 0. The molecule has 1 aliphatic rings. The fourth-order valence-electron chi connectivity index (χ4n) is 2.04. The molecular weight excluding hydrogens is 212 g/mol. The number of ether oxygens (including phenoxy) is 2. The molecule has 0 N–H and O–H groups in total. The van der Waals surface area contributed by atoms with Crippen molar-refractivity contribution in [2.24, 2.45) is 0 Å². The zero-order valence-corrected chi connectivity index (χ0v) is 10.6. The molecule has 1 saturated heterocycles. The van der Waals surface area contributed by atoms with Gasteiger partial charge >= 0.3 is 0 Å². The molecule has 94 valence electrons. The van der Waals surface area contributed by atoms with Crippen molar-refractivity contribution < 1.29 is 9.47 Å². The zero-order valence-electron chi connectivity index (χ0n) is 10.6. The van der Waals surface area contributed by atoms with E-state index in [4.69, 9.17) is 9.47 Å². The Morgan fingerprint density at radius 2 is 1.94 bits per heavy atom. The standard InChI is InChI=1S/C15H22O2/c1-2-3-5-10-14-15(17-14)12-16-11-13-8-6-4-7-9-13/h4,6-9,14-15H,2-3,5,10-12H2,1H3/t14-,15-/m0/s1. The van der Waals surface area contributed by atoms with Crippen molar-refractivity contribution in [3.63, 3.8) is 0 Å². The molecule has 1 aromatic rings. The SMILES string of the molecule is CCCCC[C@@H]1O[C@H]1COCc1ccccc1. The predicted octanol–water partition coefficient (Wildman–Crippen LogP) is 3.55. The summed E-state index contributed by atoms with van der Waals surface area (Å²) in [5, 5.41) is 0. The van der Waals surface area contributed by atoms with E-state index in [0.29, 0.717) is 18.8 Å². The van der Waals surface area contributed by atoms with Gasteiger partial charge in [-0.25, -0.2) is 0 Å². The van der Waals surface area contributed by atoms with Crippen LogP contribution in [0.3, 0.4) is 0 Å².